The van der Waals surface area contributed by atoms with Gasteiger partial charge in [0.1, 0.15) is 0 Å². The first-order valence-corrected chi connectivity index (χ1v) is 7.01. The minimum Gasteiger partial charge on any atom is -0.336 e. The van der Waals surface area contributed by atoms with Crippen LogP contribution in [0.4, 0.5) is 4.79 Å². The molecule has 1 aliphatic carbocycles. The van der Waals surface area contributed by atoms with Crippen LogP contribution >= 0.6 is 0 Å². The number of carbonyl (C=O) groups excluding carboxylic acids is 1. The molecular weight excluding hydrogens is 214 g/mol. The van der Waals surface area contributed by atoms with Crippen LogP contribution in [0.1, 0.15) is 51.4 Å². The number of carbonyl (C=O) groups is 1. The monoisotopic (exact) mass is 239 g/mol. The number of likely N-dealkylation sites (tertiary alicyclic amines) is 1. The lowest BCUT2D eigenvalue weighted by Crippen LogP contribution is -2.54. The van der Waals surface area contributed by atoms with Gasteiger partial charge < -0.3 is 16.0 Å². The molecule has 1 saturated heterocycles. The Hall–Kier alpha value is -0.770. The van der Waals surface area contributed by atoms with Gasteiger partial charge in [-0.25, -0.2) is 4.79 Å². The summed E-state index contributed by atoms with van der Waals surface area (Å²) in [5.41, 5.74) is 6.15. The number of piperidine rings is 1. The van der Waals surface area contributed by atoms with E-state index < -0.39 is 0 Å². The quantitative estimate of drug-likeness (QED) is 0.772. The molecule has 0 aromatic carbocycles. The van der Waals surface area contributed by atoms with Gasteiger partial charge in [-0.15, -0.1) is 0 Å². The first-order chi connectivity index (χ1) is 8.20. The van der Waals surface area contributed by atoms with Gasteiger partial charge >= 0.3 is 6.03 Å². The predicted molar refractivity (Wildman–Crippen MR) is 68.8 cm³/mol. The highest BCUT2D eigenvalue weighted by molar-refractivity contribution is 5.74. The fourth-order valence-electron chi connectivity index (χ4n) is 2.89. The van der Waals surface area contributed by atoms with E-state index >= 15 is 0 Å². The molecule has 0 radical (unpaired) electrons. The third kappa shape index (κ3) is 3.60. The lowest BCUT2D eigenvalue weighted by molar-refractivity contribution is 0.180. The third-order valence-electron chi connectivity index (χ3n) is 4.08. The summed E-state index contributed by atoms with van der Waals surface area (Å²) in [6.07, 6.45) is 9.33. The number of hydrogen-bond donors (Lipinski definition) is 2. The van der Waals surface area contributed by atoms with Crippen LogP contribution in [-0.2, 0) is 0 Å². The second kappa shape index (κ2) is 5.71. The van der Waals surface area contributed by atoms with Crippen molar-refractivity contribution in [2.45, 2.75) is 56.9 Å². The van der Waals surface area contributed by atoms with E-state index in [0.29, 0.717) is 6.54 Å². The second-order valence-corrected chi connectivity index (χ2v) is 5.63. The molecule has 1 saturated carbocycles. The minimum atomic E-state index is -0.149. The van der Waals surface area contributed by atoms with E-state index in [4.69, 9.17) is 5.73 Å². The first-order valence-electron chi connectivity index (χ1n) is 7.01. The molecule has 2 amide bonds. The molecule has 2 aliphatic rings. The van der Waals surface area contributed by atoms with E-state index in [0.717, 1.165) is 38.8 Å². The molecule has 3 N–H and O–H groups in total. The minimum absolute atomic E-state index is 0.0834. The molecule has 0 aromatic heterocycles. The Morgan fingerprint density at radius 2 is 1.65 bits per heavy atom. The Morgan fingerprint density at radius 1 is 1.06 bits per heavy atom. The molecule has 98 valence electrons. The number of nitrogens with one attached hydrogen (secondary N) is 1. The van der Waals surface area contributed by atoms with E-state index in [1.165, 1.54) is 25.7 Å². The maximum atomic E-state index is 11.9. The average molecular weight is 239 g/mol. The molecular formula is C13H25N3O. The van der Waals surface area contributed by atoms with Crippen molar-refractivity contribution in [1.29, 1.82) is 0 Å². The van der Waals surface area contributed by atoms with E-state index in [1.807, 2.05) is 4.90 Å². The summed E-state index contributed by atoms with van der Waals surface area (Å²) in [4.78, 5) is 13.9. The van der Waals surface area contributed by atoms with Crippen LogP contribution in [0.3, 0.4) is 0 Å². The summed E-state index contributed by atoms with van der Waals surface area (Å²) in [5.74, 6) is 0. The zero-order valence-electron chi connectivity index (χ0n) is 10.7. The van der Waals surface area contributed by atoms with Crippen LogP contribution in [0.15, 0.2) is 0 Å². The molecule has 4 heteroatoms. The van der Waals surface area contributed by atoms with Crippen molar-refractivity contribution < 1.29 is 4.79 Å². The smallest absolute Gasteiger partial charge is 0.317 e. The number of rotatable bonds is 2. The van der Waals surface area contributed by atoms with Crippen LogP contribution in [0, 0.1) is 0 Å². The fraction of sp³-hybridized carbons (Fsp3) is 0.923. The van der Waals surface area contributed by atoms with Gasteiger partial charge in [-0.05, 0) is 32.1 Å². The van der Waals surface area contributed by atoms with Gasteiger partial charge in [-0.2, -0.15) is 0 Å². The molecule has 1 heterocycles. The van der Waals surface area contributed by atoms with E-state index in [2.05, 4.69) is 5.32 Å². The van der Waals surface area contributed by atoms with Gasteiger partial charge in [0.05, 0.1) is 0 Å². The zero-order valence-corrected chi connectivity index (χ0v) is 10.7. The molecule has 1 aliphatic heterocycles. The van der Waals surface area contributed by atoms with Crippen molar-refractivity contribution in [1.82, 2.24) is 10.2 Å². The molecule has 0 atom stereocenters. The lowest BCUT2D eigenvalue weighted by atomic mass is 9.82. The van der Waals surface area contributed by atoms with Gasteiger partial charge in [0, 0.05) is 25.2 Å². The van der Waals surface area contributed by atoms with Crippen molar-refractivity contribution in [3.8, 4) is 0 Å². The number of nitrogens with two attached hydrogens (primary N) is 1. The third-order valence-corrected chi connectivity index (χ3v) is 4.08. The van der Waals surface area contributed by atoms with E-state index in [1.54, 1.807) is 0 Å². The first kappa shape index (κ1) is 12.7. The summed E-state index contributed by atoms with van der Waals surface area (Å²) >= 11 is 0. The SMILES string of the molecule is NC1(CNC(=O)N2CCCCC2)CCCCC1. The molecule has 0 aromatic rings. The van der Waals surface area contributed by atoms with E-state index in [9.17, 15) is 4.79 Å². The van der Waals surface area contributed by atoms with Crippen molar-refractivity contribution in [3.05, 3.63) is 0 Å². The maximum Gasteiger partial charge on any atom is 0.317 e. The number of nitrogens with zero attached hydrogens (tertiary/aromatic N) is 1. The van der Waals surface area contributed by atoms with Crippen molar-refractivity contribution >= 4 is 6.03 Å². The summed E-state index contributed by atoms with van der Waals surface area (Å²) in [5, 5.41) is 3.02. The topological polar surface area (TPSA) is 58.4 Å². The van der Waals surface area contributed by atoms with Crippen molar-refractivity contribution in [2.24, 2.45) is 5.73 Å². The maximum absolute atomic E-state index is 11.9. The lowest BCUT2D eigenvalue weighted by Gasteiger charge is -2.35. The molecule has 2 fully saturated rings. The largest absolute Gasteiger partial charge is 0.336 e. The highest BCUT2D eigenvalue weighted by Gasteiger charge is 2.28. The summed E-state index contributed by atoms with van der Waals surface area (Å²) in [7, 11) is 0. The van der Waals surface area contributed by atoms with Crippen molar-refractivity contribution in [3.63, 3.8) is 0 Å². The zero-order chi connectivity index (χ0) is 12.1. The van der Waals surface area contributed by atoms with E-state index in [-0.39, 0.29) is 11.6 Å². The van der Waals surface area contributed by atoms with Gasteiger partial charge in [0.15, 0.2) is 0 Å². The Balaban J connectivity index is 1.74. The van der Waals surface area contributed by atoms with Crippen LogP contribution in [0.5, 0.6) is 0 Å². The van der Waals surface area contributed by atoms with Gasteiger partial charge in [-0.1, -0.05) is 19.3 Å². The van der Waals surface area contributed by atoms with Gasteiger partial charge in [0.25, 0.3) is 0 Å². The Bertz CT molecular complexity index is 255. The van der Waals surface area contributed by atoms with Crippen LogP contribution in [-0.4, -0.2) is 36.1 Å². The Labute approximate surface area is 104 Å². The molecule has 4 nitrogen and oxygen atoms in total. The molecule has 0 spiro atoms. The normalized spacial score (nSPS) is 24.4. The Morgan fingerprint density at radius 3 is 2.29 bits per heavy atom. The van der Waals surface area contributed by atoms with Crippen LogP contribution in [0.2, 0.25) is 0 Å². The molecule has 17 heavy (non-hydrogen) atoms. The fourth-order valence-corrected chi connectivity index (χ4v) is 2.89. The molecule has 2 rings (SSSR count). The highest BCUT2D eigenvalue weighted by Crippen LogP contribution is 2.25. The highest BCUT2D eigenvalue weighted by atomic mass is 16.2. The van der Waals surface area contributed by atoms with Crippen LogP contribution < -0.4 is 11.1 Å². The Kier molecular flexibility index (Phi) is 4.26. The average Bonchev–Trinajstić information content (AvgIpc) is 2.38. The summed E-state index contributed by atoms with van der Waals surface area (Å²) in [6.45, 7) is 2.45. The summed E-state index contributed by atoms with van der Waals surface area (Å²) < 4.78 is 0. The second-order valence-electron chi connectivity index (χ2n) is 5.63. The van der Waals surface area contributed by atoms with Gasteiger partial charge in [-0.3, -0.25) is 0 Å². The number of amides is 2. The molecule has 0 bridgehead atoms. The molecule has 0 unspecified atom stereocenters. The van der Waals surface area contributed by atoms with Crippen molar-refractivity contribution in [2.75, 3.05) is 19.6 Å². The standard InChI is InChI=1S/C13H25N3O/c14-13(7-3-1-4-8-13)11-15-12(17)16-9-5-2-6-10-16/h1-11,14H2,(H,15,17). The van der Waals surface area contributed by atoms with Gasteiger partial charge in [0.2, 0.25) is 0 Å². The predicted octanol–water partition coefficient (Wildman–Crippen LogP) is 1.84. The summed E-state index contributed by atoms with van der Waals surface area (Å²) in [6, 6.07) is 0.0834. The van der Waals surface area contributed by atoms with Crippen LogP contribution in [0.25, 0.3) is 0 Å². The number of urea groups is 1. The number of hydrogen-bond acceptors (Lipinski definition) is 2.